The van der Waals surface area contributed by atoms with Crippen LogP contribution >= 0.6 is 0 Å². The van der Waals surface area contributed by atoms with Gasteiger partial charge in [-0.3, -0.25) is 0 Å². The Morgan fingerprint density at radius 3 is 2.76 bits per heavy atom. The topological polar surface area (TPSA) is 30.7 Å². The molecule has 114 valence electrons. The van der Waals surface area contributed by atoms with E-state index >= 15 is 0 Å². The fourth-order valence-corrected chi connectivity index (χ4v) is 2.99. The van der Waals surface area contributed by atoms with Crippen LogP contribution in [0.5, 0.6) is 0 Å². The van der Waals surface area contributed by atoms with Gasteiger partial charge in [0.1, 0.15) is 5.82 Å². The fraction of sp³-hybridized carbons (Fsp3) is 0.529. The molecule has 1 aliphatic carbocycles. The summed E-state index contributed by atoms with van der Waals surface area (Å²) in [4.78, 5) is 0. The van der Waals surface area contributed by atoms with Crippen molar-refractivity contribution in [2.75, 3.05) is 0 Å². The minimum Gasteiger partial charge on any atom is -0.242 e. The van der Waals surface area contributed by atoms with Crippen molar-refractivity contribution in [1.82, 2.24) is 15.0 Å². The van der Waals surface area contributed by atoms with Crippen LogP contribution in [0, 0.1) is 11.7 Å². The summed E-state index contributed by atoms with van der Waals surface area (Å²) in [7, 11) is 0. The number of hydrogen-bond donors (Lipinski definition) is 0. The van der Waals surface area contributed by atoms with Gasteiger partial charge in [-0.1, -0.05) is 51.0 Å². The van der Waals surface area contributed by atoms with E-state index in [0.717, 1.165) is 30.0 Å². The maximum Gasteiger partial charge on any atom is 0.123 e. The Balaban J connectivity index is 0.000000774. The van der Waals surface area contributed by atoms with Crippen molar-refractivity contribution in [3.05, 3.63) is 36.3 Å². The number of nitrogens with zero attached hydrogens (tertiary/aromatic N) is 3. The summed E-state index contributed by atoms with van der Waals surface area (Å²) in [5.41, 5.74) is 1.77. The molecular formula is C17H24FN3. The molecule has 1 saturated carbocycles. The molecule has 21 heavy (non-hydrogen) atoms. The van der Waals surface area contributed by atoms with Crippen molar-refractivity contribution in [2.24, 2.45) is 5.92 Å². The molecule has 1 aromatic heterocycles. The van der Waals surface area contributed by atoms with Crippen molar-refractivity contribution in [3.63, 3.8) is 0 Å². The van der Waals surface area contributed by atoms with Gasteiger partial charge in [-0.25, -0.2) is 9.07 Å². The molecule has 2 unspecified atom stereocenters. The normalized spacial score (nSPS) is 21.5. The first-order valence-electron chi connectivity index (χ1n) is 7.90. The van der Waals surface area contributed by atoms with Gasteiger partial charge in [0.15, 0.2) is 0 Å². The van der Waals surface area contributed by atoms with E-state index in [4.69, 9.17) is 0 Å². The van der Waals surface area contributed by atoms with Crippen molar-refractivity contribution >= 4 is 0 Å². The highest BCUT2D eigenvalue weighted by Gasteiger charge is 2.23. The molecule has 0 bridgehead atoms. The van der Waals surface area contributed by atoms with E-state index in [2.05, 4.69) is 17.2 Å². The number of rotatable bonds is 2. The lowest BCUT2D eigenvalue weighted by Crippen LogP contribution is -2.19. The van der Waals surface area contributed by atoms with E-state index in [-0.39, 0.29) is 5.82 Å². The Kier molecular flexibility index (Phi) is 5.48. The number of benzene rings is 1. The third-order valence-electron chi connectivity index (χ3n) is 3.95. The van der Waals surface area contributed by atoms with Crippen molar-refractivity contribution < 1.29 is 4.39 Å². The van der Waals surface area contributed by atoms with Gasteiger partial charge in [0, 0.05) is 5.56 Å². The maximum absolute atomic E-state index is 13.3. The maximum atomic E-state index is 13.3. The van der Waals surface area contributed by atoms with E-state index in [0.29, 0.717) is 6.04 Å². The van der Waals surface area contributed by atoms with Gasteiger partial charge in [-0.05, 0) is 30.9 Å². The Morgan fingerprint density at radius 1 is 1.24 bits per heavy atom. The van der Waals surface area contributed by atoms with Crippen molar-refractivity contribution in [1.29, 1.82) is 0 Å². The van der Waals surface area contributed by atoms with Crippen molar-refractivity contribution in [2.45, 2.75) is 52.5 Å². The summed E-state index contributed by atoms with van der Waals surface area (Å²) in [5.74, 6) is 0.505. The van der Waals surface area contributed by atoms with Gasteiger partial charge in [-0.15, -0.1) is 5.10 Å². The SMILES string of the molecule is CC.CC1CCCC(n2nncc2-c2cccc(F)c2)C1. The monoisotopic (exact) mass is 289 g/mol. The molecule has 3 nitrogen and oxygen atoms in total. The third-order valence-corrected chi connectivity index (χ3v) is 3.95. The zero-order valence-electron chi connectivity index (χ0n) is 13.1. The molecule has 1 aliphatic rings. The Bertz CT molecular complexity index is 565. The van der Waals surface area contributed by atoms with Crippen LogP contribution in [0.1, 0.15) is 52.5 Å². The lowest BCUT2D eigenvalue weighted by molar-refractivity contribution is 0.265. The Morgan fingerprint density at radius 2 is 2.05 bits per heavy atom. The molecule has 3 rings (SSSR count). The Hall–Kier alpha value is -1.71. The van der Waals surface area contributed by atoms with Crippen molar-refractivity contribution in [3.8, 4) is 11.3 Å². The molecular weight excluding hydrogens is 265 g/mol. The van der Waals surface area contributed by atoms with Gasteiger partial charge in [0.25, 0.3) is 0 Å². The van der Waals surface area contributed by atoms with Crippen LogP contribution in [0.4, 0.5) is 4.39 Å². The molecule has 1 aromatic carbocycles. The highest BCUT2D eigenvalue weighted by Crippen LogP contribution is 2.34. The largest absolute Gasteiger partial charge is 0.242 e. The summed E-state index contributed by atoms with van der Waals surface area (Å²) in [6.45, 7) is 6.28. The molecule has 4 heteroatoms. The molecule has 2 aromatic rings. The molecule has 0 spiro atoms. The second kappa shape index (κ2) is 7.34. The summed E-state index contributed by atoms with van der Waals surface area (Å²) in [6.07, 6.45) is 6.52. The smallest absolute Gasteiger partial charge is 0.123 e. The molecule has 1 fully saturated rings. The number of aromatic nitrogens is 3. The first-order valence-corrected chi connectivity index (χ1v) is 7.90. The highest BCUT2D eigenvalue weighted by atomic mass is 19.1. The van der Waals surface area contributed by atoms with Crippen LogP contribution in [0.15, 0.2) is 30.5 Å². The highest BCUT2D eigenvalue weighted by molar-refractivity contribution is 5.58. The van der Waals surface area contributed by atoms with Gasteiger partial charge in [-0.2, -0.15) is 0 Å². The standard InChI is InChI=1S/C15H18FN3.C2H6/c1-11-4-2-7-14(8-11)19-15(10-17-18-19)12-5-3-6-13(16)9-12;1-2/h3,5-6,9-11,14H,2,4,7-8H2,1H3;1-2H3. The third kappa shape index (κ3) is 3.69. The summed E-state index contributed by atoms with van der Waals surface area (Å²) in [6, 6.07) is 7.03. The second-order valence-corrected chi connectivity index (χ2v) is 5.50. The molecule has 0 aliphatic heterocycles. The van der Waals surface area contributed by atoms with Crippen LogP contribution in [0.25, 0.3) is 11.3 Å². The van der Waals surface area contributed by atoms with E-state index in [9.17, 15) is 4.39 Å². The molecule has 0 N–H and O–H groups in total. The van der Waals surface area contributed by atoms with Gasteiger partial charge < -0.3 is 0 Å². The predicted molar refractivity (Wildman–Crippen MR) is 83.4 cm³/mol. The summed E-state index contributed by atoms with van der Waals surface area (Å²) >= 11 is 0. The Labute approximate surface area is 126 Å². The summed E-state index contributed by atoms with van der Waals surface area (Å²) < 4.78 is 15.3. The van der Waals surface area contributed by atoms with Crippen LogP contribution in [-0.4, -0.2) is 15.0 Å². The fourth-order valence-electron chi connectivity index (χ4n) is 2.99. The average molecular weight is 289 g/mol. The van der Waals surface area contributed by atoms with Crippen LogP contribution in [0.2, 0.25) is 0 Å². The van der Waals surface area contributed by atoms with Crippen LogP contribution in [0.3, 0.4) is 0 Å². The quantitative estimate of drug-likeness (QED) is 0.790. The van der Waals surface area contributed by atoms with E-state index in [1.807, 2.05) is 24.6 Å². The molecule has 0 radical (unpaired) electrons. The van der Waals surface area contributed by atoms with Gasteiger partial charge >= 0.3 is 0 Å². The van der Waals surface area contributed by atoms with E-state index < -0.39 is 0 Å². The molecule has 1 heterocycles. The van der Waals surface area contributed by atoms with Gasteiger partial charge in [0.2, 0.25) is 0 Å². The zero-order chi connectivity index (χ0) is 15.2. The molecule has 2 atom stereocenters. The summed E-state index contributed by atoms with van der Waals surface area (Å²) in [5, 5.41) is 8.24. The number of halogens is 1. The lowest BCUT2D eigenvalue weighted by Gasteiger charge is -2.27. The van der Waals surface area contributed by atoms with Gasteiger partial charge in [0.05, 0.1) is 17.9 Å². The second-order valence-electron chi connectivity index (χ2n) is 5.50. The predicted octanol–water partition coefficient (Wildman–Crippen LogP) is 4.86. The molecule has 0 amide bonds. The minimum absolute atomic E-state index is 0.220. The zero-order valence-corrected chi connectivity index (χ0v) is 13.1. The average Bonchev–Trinajstić information content (AvgIpc) is 2.99. The first-order chi connectivity index (χ1) is 10.2. The number of hydrogen-bond acceptors (Lipinski definition) is 2. The first kappa shape index (κ1) is 15.7. The van der Waals surface area contributed by atoms with Crippen LogP contribution in [-0.2, 0) is 0 Å². The van der Waals surface area contributed by atoms with E-state index in [1.54, 1.807) is 18.3 Å². The van der Waals surface area contributed by atoms with Crippen LogP contribution < -0.4 is 0 Å². The molecule has 0 saturated heterocycles. The van der Waals surface area contributed by atoms with E-state index in [1.165, 1.54) is 18.9 Å². The minimum atomic E-state index is -0.220. The lowest BCUT2D eigenvalue weighted by atomic mass is 9.87.